The van der Waals surface area contributed by atoms with E-state index in [4.69, 9.17) is 17.3 Å². The van der Waals surface area contributed by atoms with Crippen molar-refractivity contribution < 1.29 is 0 Å². The highest BCUT2D eigenvalue weighted by atomic mass is 79.9. The van der Waals surface area contributed by atoms with Crippen LogP contribution < -0.4 is 5.73 Å². The van der Waals surface area contributed by atoms with Gasteiger partial charge in [-0.15, -0.1) is 0 Å². The van der Waals surface area contributed by atoms with E-state index in [9.17, 15) is 0 Å². The van der Waals surface area contributed by atoms with Crippen LogP contribution in [0.15, 0.2) is 28.7 Å². The maximum absolute atomic E-state index is 6.24. The minimum Gasteiger partial charge on any atom is -0.328 e. The smallest absolute Gasteiger partial charge is 0.0908 e. The Morgan fingerprint density at radius 3 is 2.56 bits per heavy atom. The van der Waals surface area contributed by atoms with Gasteiger partial charge in [-0.25, -0.2) is 0 Å². The lowest BCUT2D eigenvalue weighted by Crippen LogP contribution is -2.22. The Bertz CT molecular complexity index is 565. The molecule has 0 aliphatic heterocycles. The molecule has 18 heavy (non-hydrogen) atoms. The first kappa shape index (κ1) is 13.6. The number of nitrogens with zero attached hydrogens (tertiary/aromatic N) is 2. The van der Waals surface area contributed by atoms with Gasteiger partial charge in [0, 0.05) is 11.6 Å². The summed E-state index contributed by atoms with van der Waals surface area (Å²) in [6.07, 6.45) is 0. The summed E-state index contributed by atoms with van der Waals surface area (Å²) in [5.74, 6) is 0. The first-order valence-corrected chi connectivity index (χ1v) is 6.89. The minimum atomic E-state index is -0.0382. The lowest BCUT2D eigenvalue weighted by molar-refractivity contribution is 0.516. The molecule has 1 atom stereocenters. The summed E-state index contributed by atoms with van der Waals surface area (Å²) in [6.45, 7) is 4.44. The van der Waals surface area contributed by atoms with Crippen LogP contribution in [0.1, 0.15) is 23.0 Å². The molecule has 5 heteroatoms. The first-order chi connectivity index (χ1) is 8.56. The Morgan fingerprint density at radius 2 is 2.06 bits per heavy atom. The van der Waals surface area contributed by atoms with Crippen molar-refractivity contribution in [1.29, 1.82) is 0 Å². The lowest BCUT2D eigenvalue weighted by Gasteiger charge is -2.19. The fourth-order valence-electron chi connectivity index (χ4n) is 2.05. The van der Waals surface area contributed by atoms with Crippen LogP contribution in [0.5, 0.6) is 0 Å². The van der Waals surface area contributed by atoms with E-state index in [-0.39, 0.29) is 6.04 Å². The Hall–Kier alpha value is -0.840. The van der Waals surface area contributed by atoms with Crippen molar-refractivity contribution in [3.05, 3.63) is 50.7 Å². The van der Waals surface area contributed by atoms with E-state index in [1.54, 1.807) is 0 Å². The van der Waals surface area contributed by atoms with Crippen molar-refractivity contribution >= 4 is 27.5 Å². The fraction of sp³-hybridized carbons (Fsp3) is 0.308. The number of aromatic nitrogens is 2. The summed E-state index contributed by atoms with van der Waals surface area (Å²) in [5.41, 5.74) is 8.91. The van der Waals surface area contributed by atoms with Crippen molar-refractivity contribution in [1.82, 2.24) is 9.78 Å². The molecule has 2 N–H and O–H groups in total. The van der Waals surface area contributed by atoms with Crippen molar-refractivity contribution in [2.75, 3.05) is 6.54 Å². The summed E-state index contributed by atoms with van der Waals surface area (Å²) in [6, 6.07) is 7.70. The van der Waals surface area contributed by atoms with E-state index >= 15 is 0 Å². The second kappa shape index (κ2) is 5.43. The van der Waals surface area contributed by atoms with Crippen LogP contribution in [-0.4, -0.2) is 16.3 Å². The molecule has 0 aliphatic carbocycles. The highest BCUT2D eigenvalue weighted by Gasteiger charge is 2.20. The average Bonchev–Trinajstić information content (AvgIpc) is 2.61. The number of halogens is 2. The Labute approximate surface area is 120 Å². The van der Waals surface area contributed by atoms with Gasteiger partial charge in [0.25, 0.3) is 0 Å². The minimum absolute atomic E-state index is 0.0382. The molecule has 1 unspecified atom stereocenters. The molecule has 1 heterocycles. The van der Waals surface area contributed by atoms with Crippen LogP contribution in [0.3, 0.4) is 0 Å². The van der Waals surface area contributed by atoms with E-state index in [0.29, 0.717) is 6.54 Å². The molecule has 1 aromatic heterocycles. The van der Waals surface area contributed by atoms with Gasteiger partial charge in [-0.1, -0.05) is 29.8 Å². The molecular weight excluding hydrogens is 314 g/mol. The summed E-state index contributed by atoms with van der Waals surface area (Å²) in [4.78, 5) is 0. The second-order valence-electron chi connectivity index (χ2n) is 4.20. The topological polar surface area (TPSA) is 43.8 Å². The zero-order chi connectivity index (χ0) is 13.3. The van der Waals surface area contributed by atoms with E-state index in [1.165, 1.54) is 0 Å². The van der Waals surface area contributed by atoms with Crippen LogP contribution in [0.4, 0.5) is 0 Å². The Kier molecular flexibility index (Phi) is 4.10. The van der Waals surface area contributed by atoms with Crippen LogP contribution in [0.25, 0.3) is 0 Å². The van der Waals surface area contributed by atoms with Gasteiger partial charge in [-0.3, -0.25) is 4.68 Å². The van der Waals surface area contributed by atoms with Crippen LogP contribution in [-0.2, 0) is 0 Å². The number of aryl methyl sites for hydroxylation is 1. The molecule has 0 saturated heterocycles. The van der Waals surface area contributed by atoms with Crippen molar-refractivity contribution in [2.45, 2.75) is 19.9 Å². The van der Waals surface area contributed by atoms with Gasteiger partial charge in [0.05, 0.1) is 21.9 Å². The SMILES string of the molecule is Cc1nn(C(CN)c2ccccc2Cl)c(C)c1Br. The maximum Gasteiger partial charge on any atom is 0.0908 e. The molecule has 0 amide bonds. The predicted molar refractivity (Wildman–Crippen MR) is 78.0 cm³/mol. The van der Waals surface area contributed by atoms with Gasteiger partial charge < -0.3 is 5.73 Å². The zero-order valence-electron chi connectivity index (χ0n) is 10.3. The third-order valence-corrected chi connectivity index (χ3v) is 4.51. The fourth-order valence-corrected chi connectivity index (χ4v) is 2.57. The number of hydrogen-bond donors (Lipinski definition) is 1. The third-order valence-electron chi connectivity index (χ3n) is 3.02. The molecule has 0 aliphatic rings. The van der Waals surface area contributed by atoms with Crippen molar-refractivity contribution in [2.24, 2.45) is 5.73 Å². The molecule has 3 nitrogen and oxygen atoms in total. The molecule has 0 bridgehead atoms. The number of hydrogen-bond acceptors (Lipinski definition) is 2. The van der Waals surface area contributed by atoms with Crippen LogP contribution in [0, 0.1) is 13.8 Å². The van der Waals surface area contributed by atoms with E-state index in [0.717, 1.165) is 26.4 Å². The summed E-state index contributed by atoms with van der Waals surface area (Å²) < 4.78 is 2.95. The van der Waals surface area contributed by atoms with Crippen molar-refractivity contribution in [3.8, 4) is 0 Å². The van der Waals surface area contributed by atoms with E-state index in [2.05, 4.69) is 21.0 Å². The Morgan fingerprint density at radius 1 is 1.39 bits per heavy atom. The lowest BCUT2D eigenvalue weighted by atomic mass is 10.1. The number of rotatable bonds is 3. The summed E-state index contributed by atoms with van der Waals surface area (Å²) in [5, 5.41) is 5.25. The van der Waals surface area contributed by atoms with Crippen molar-refractivity contribution in [3.63, 3.8) is 0 Å². The maximum atomic E-state index is 6.24. The molecule has 0 saturated carbocycles. The highest BCUT2D eigenvalue weighted by molar-refractivity contribution is 9.10. The van der Waals surface area contributed by atoms with E-state index < -0.39 is 0 Å². The molecule has 0 spiro atoms. The van der Waals surface area contributed by atoms with Gasteiger partial charge in [0.2, 0.25) is 0 Å². The molecular formula is C13H15BrClN3. The molecule has 96 valence electrons. The van der Waals surface area contributed by atoms with Gasteiger partial charge in [0.15, 0.2) is 0 Å². The molecule has 2 aromatic rings. The van der Waals surface area contributed by atoms with Crippen LogP contribution in [0.2, 0.25) is 5.02 Å². The van der Waals surface area contributed by atoms with E-state index in [1.807, 2.05) is 42.8 Å². The summed E-state index contributed by atoms with van der Waals surface area (Å²) in [7, 11) is 0. The normalized spacial score (nSPS) is 12.7. The molecule has 0 fully saturated rings. The zero-order valence-corrected chi connectivity index (χ0v) is 12.7. The van der Waals surface area contributed by atoms with Gasteiger partial charge in [0.1, 0.15) is 0 Å². The average molecular weight is 329 g/mol. The van der Waals surface area contributed by atoms with Crippen LogP contribution >= 0.6 is 27.5 Å². The van der Waals surface area contributed by atoms with Gasteiger partial charge in [-0.2, -0.15) is 5.10 Å². The predicted octanol–water partition coefficient (Wildman–Crippen LogP) is 3.46. The third kappa shape index (κ3) is 2.32. The quantitative estimate of drug-likeness (QED) is 0.937. The molecule has 1 aromatic carbocycles. The Balaban J connectivity index is 2.52. The van der Waals surface area contributed by atoms with Gasteiger partial charge >= 0.3 is 0 Å². The number of benzene rings is 1. The second-order valence-corrected chi connectivity index (χ2v) is 5.40. The highest BCUT2D eigenvalue weighted by Crippen LogP contribution is 2.29. The van der Waals surface area contributed by atoms with Gasteiger partial charge in [-0.05, 0) is 41.4 Å². The summed E-state index contributed by atoms with van der Waals surface area (Å²) >= 11 is 9.77. The largest absolute Gasteiger partial charge is 0.328 e. The molecule has 2 rings (SSSR count). The number of nitrogens with two attached hydrogens (primary N) is 1. The molecule has 0 radical (unpaired) electrons. The monoisotopic (exact) mass is 327 g/mol. The first-order valence-electron chi connectivity index (χ1n) is 5.72. The standard InChI is InChI=1S/C13H15BrClN3/c1-8-13(14)9(2)18(17-8)12(7-16)10-5-3-4-6-11(10)15/h3-6,12H,7,16H2,1-2H3.